The van der Waals surface area contributed by atoms with Crippen LogP contribution in [0.4, 0.5) is 5.69 Å². The predicted molar refractivity (Wildman–Crippen MR) is 179 cm³/mol. The average molecular weight is 606 g/mol. The summed E-state index contributed by atoms with van der Waals surface area (Å²) >= 11 is 0. The lowest BCUT2D eigenvalue weighted by atomic mass is 10.0. The standard InChI is InChI=1S/C37H43N5O3/c1-28(43)42-19-9-18-40(25-29-10-6-5-7-11-29)20-21-41(37(44)31-14-16-36(45-4)34(23-31)26-39(2)3)27-33-22-30(13-15-35(33)42)32-12-8-17-38-24-32/h5-8,10-17,22-24H,9,18-21,25-27H2,1-4H3. The van der Waals surface area contributed by atoms with E-state index in [-0.39, 0.29) is 11.8 Å². The largest absolute Gasteiger partial charge is 0.496 e. The Balaban J connectivity index is 1.55. The van der Waals surface area contributed by atoms with E-state index >= 15 is 0 Å². The Morgan fingerprint density at radius 2 is 1.71 bits per heavy atom. The van der Waals surface area contributed by atoms with Crippen molar-refractivity contribution in [3.63, 3.8) is 0 Å². The number of hydrogen-bond acceptors (Lipinski definition) is 6. The third kappa shape index (κ3) is 8.15. The lowest BCUT2D eigenvalue weighted by Crippen LogP contribution is -2.38. The molecule has 0 spiro atoms. The molecule has 0 bridgehead atoms. The van der Waals surface area contributed by atoms with Crippen molar-refractivity contribution in [1.82, 2.24) is 19.7 Å². The van der Waals surface area contributed by atoms with Gasteiger partial charge >= 0.3 is 0 Å². The van der Waals surface area contributed by atoms with Crippen LogP contribution in [0.5, 0.6) is 5.75 Å². The topological polar surface area (TPSA) is 69.2 Å². The highest BCUT2D eigenvalue weighted by Gasteiger charge is 2.24. The Labute approximate surface area is 266 Å². The minimum absolute atomic E-state index is 0.0133. The molecule has 5 rings (SSSR count). The van der Waals surface area contributed by atoms with Crippen LogP contribution in [0.3, 0.4) is 0 Å². The molecule has 2 amide bonds. The van der Waals surface area contributed by atoms with Crippen LogP contribution in [0, 0.1) is 0 Å². The summed E-state index contributed by atoms with van der Waals surface area (Å²) in [5.74, 6) is 0.694. The van der Waals surface area contributed by atoms with E-state index in [2.05, 4.69) is 45.1 Å². The van der Waals surface area contributed by atoms with Gasteiger partial charge in [-0.3, -0.25) is 19.5 Å². The summed E-state index contributed by atoms with van der Waals surface area (Å²) in [6, 6.07) is 26.2. The van der Waals surface area contributed by atoms with Crippen molar-refractivity contribution in [1.29, 1.82) is 0 Å². The maximum atomic E-state index is 14.4. The molecular weight excluding hydrogens is 562 g/mol. The SMILES string of the molecule is COc1ccc(C(=O)N2CCN(Cc3ccccc3)CCCN(C(C)=O)c3ccc(-c4cccnc4)cc3C2)cc1CN(C)C. The number of carbonyl (C=O) groups excluding carboxylic acids is 2. The van der Waals surface area contributed by atoms with Gasteiger partial charge in [-0.1, -0.05) is 42.5 Å². The van der Waals surface area contributed by atoms with Crippen molar-refractivity contribution >= 4 is 17.5 Å². The van der Waals surface area contributed by atoms with Gasteiger partial charge in [0.05, 0.1) is 7.11 Å². The van der Waals surface area contributed by atoms with Crippen molar-refractivity contribution in [3.8, 4) is 16.9 Å². The normalized spacial score (nSPS) is 14.5. The van der Waals surface area contributed by atoms with Gasteiger partial charge < -0.3 is 19.4 Å². The summed E-state index contributed by atoms with van der Waals surface area (Å²) in [5.41, 5.74) is 6.55. The molecule has 0 aliphatic carbocycles. The van der Waals surface area contributed by atoms with Gasteiger partial charge in [-0.05, 0) is 79.2 Å². The number of methoxy groups -OCH3 is 1. The van der Waals surface area contributed by atoms with E-state index in [1.807, 2.05) is 78.6 Å². The van der Waals surface area contributed by atoms with Crippen LogP contribution in [-0.2, 0) is 24.4 Å². The number of fused-ring (bicyclic) bond motifs is 1. The number of ether oxygens (including phenoxy) is 1. The average Bonchev–Trinajstić information content (AvgIpc) is 3.08. The fourth-order valence-corrected chi connectivity index (χ4v) is 5.98. The highest BCUT2D eigenvalue weighted by Crippen LogP contribution is 2.30. The monoisotopic (exact) mass is 605 g/mol. The van der Waals surface area contributed by atoms with Gasteiger partial charge in [-0.15, -0.1) is 0 Å². The Kier molecular flexibility index (Phi) is 10.6. The molecule has 1 aliphatic heterocycles. The van der Waals surface area contributed by atoms with E-state index < -0.39 is 0 Å². The molecule has 0 saturated carbocycles. The van der Waals surface area contributed by atoms with E-state index in [1.165, 1.54) is 5.56 Å². The van der Waals surface area contributed by atoms with E-state index in [4.69, 9.17) is 4.74 Å². The molecule has 0 atom stereocenters. The van der Waals surface area contributed by atoms with Crippen LogP contribution in [0.1, 0.15) is 40.4 Å². The van der Waals surface area contributed by atoms with E-state index in [0.29, 0.717) is 38.3 Å². The summed E-state index contributed by atoms with van der Waals surface area (Å²) < 4.78 is 5.61. The van der Waals surface area contributed by atoms with Gasteiger partial charge in [-0.2, -0.15) is 0 Å². The van der Waals surface area contributed by atoms with Gasteiger partial charge in [0.2, 0.25) is 5.91 Å². The van der Waals surface area contributed by atoms with Crippen molar-refractivity contribution in [2.45, 2.75) is 33.0 Å². The molecule has 3 aromatic carbocycles. The number of benzene rings is 3. The van der Waals surface area contributed by atoms with Crippen LogP contribution in [0.25, 0.3) is 11.1 Å². The number of hydrogen-bond donors (Lipinski definition) is 0. The predicted octanol–water partition coefficient (Wildman–Crippen LogP) is 5.72. The first-order chi connectivity index (χ1) is 21.8. The summed E-state index contributed by atoms with van der Waals surface area (Å²) in [7, 11) is 5.66. The number of rotatable bonds is 7. The fraction of sp³-hybridized carbons (Fsp3) is 0.324. The maximum Gasteiger partial charge on any atom is 0.254 e. The molecular formula is C37H43N5O3. The number of aromatic nitrogens is 1. The van der Waals surface area contributed by atoms with E-state index in [1.54, 1.807) is 20.2 Å². The van der Waals surface area contributed by atoms with E-state index in [9.17, 15) is 9.59 Å². The van der Waals surface area contributed by atoms with Crippen molar-refractivity contribution in [2.24, 2.45) is 0 Å². The molecule has 1 aromatic heterocycles. The number of amides is 2. The highest BCUT2D eigenvalue weighted by atomic mass is 16.5. The van der Waals surface area contributed by atoms with Crippen LogP contribution < -0.4 is 9.64 Å². The van der Waals surface area contributed by atoms with Crippen molar-refractivity contribution in [3.05, 3.63) is 114 Å². The molecule has 234 valence electrons. The smallest absolute Gasteiger partial charge is 0.254 e. The molecule has 1 aliphatic rings. The fourth-order valence-electron chi connectivity index (χ4n) is 5.98. The summed E-state index contributed by atoms with van der Waals surface area (Å²) in [4.78, 5) is 40.0. The molecule has 45 heavy (non-hydrogen) atoms. The molecule has 0 saturated heterocycles. The van der Waals surface area contributed by atoms with Gasteiger partial charge in [0, 0.05) is 81.9 Å². The van der Waals surface area contributed by atoms with Gasteiger partial charge in [0.25, 0.3) is 5.91 Å². The lowest BCUT2D eigenvalue weighted by Gasteiger charge is -2.29. The molecule has 0 unspecified atom stereocenters. The zero-order valence-corrected chi connectivity index (χ0v) is 26.8. The van der Waals surface area contributed by atoms with E-state index in [0.717, 1.165) is 53.2 Å². The van der Waals surface area contributed by atoms with Gasteiger partial charge in [0.1, 0.15) is 5.75 Å². The molecule has 2 heterocycles. The zero-order valence-electron chi connectivity index (χ0n) is 26.8. The lowest BCUT2D eigenvalue weighted by molar-refractivity contribution is -0.116. The molecule has 4 aromatic rings. The first-order valence-corrected chi connectivity index (χ1v) is 15.5. The number of carbonyl (C=O) groups is 2. The van der Waals surface area contributed by atoms with Gasteiger partial charge in [0.15, 0.2) is 0 Å². The summed E-state index contributed by atoms with van der Waals surface area (Å²) in [6.45, 7) is 6.06. The Hall–Kier alpha value is -4.53. The van der Waals surface area contributed by atoms with Crippen LogP contribution in [-0.4, -0.2) is 78.9 Å². The van der Waals surface area contributed by atoms with Gasteiger partial charge in [-0.25, -0.2) is 0 Å². The van der Waals surface area contributed by atoms with Crippen molar-refractivity contribution < 1.29 is 14.3 Å². The Morgan fingerprint density at radius 3 is 2.42 bits per heavy atom. The molecule has 8 nitrogen and oxygen atoms in total. The highest BCUT2D eigenvalue weighted by molar-refractivity contribution is 5.95. The Bertz CT molecular complexity index is 1590. The Morgan fingerprint density at radius 1 is 0.889 bits per heavy atom. The molecule has 0 N–H and O–H groups in total. The second kappa shape index (κ2) is 15.0. The summed E-state index contributed by atoms with van der Waals surface area (Å²) in [5, 5.41) is 0. The van der Waals surface area contributed by atoms with Crippen LogP contribution in [0.2, 0.25) is 0 Å². The quantitative estimate of drug-likeness (QED) is 0.269. The number of anilines is 1. The van der Waals surface area contributed by atoms with Crippen molar-refractivity contribution in [2.75, 3.05) is 52.3 Å². The summed E-state index contributed by atoms with van der Waals surface area (Å²) in [6.07, 6.45) is 4.41. The van der Waals surface area contributed by atoms with Crippen LogP contribution in [0.15, 0.2) is 91.3 Å². The zero-order chi connectivity index (χ0) is 31.8. The molecule has 8 heteroatoms. The number of pyridine rings is 1. The third-order valence-corrected chi connectivity index (χ3v) is 8.20. The minimum atomic E-state index is -0.0522. The number of nitrogens with zero attached hydrogens (tertiary/aromatic N) is 5. The van der Waals surface area contributed by atoms with Crippen LogP contribution >= 0.6 is 0 Å². The third-order valence-electron chi connectivity index (χ3n) is 8.20. The first kappa shape index (κ1) is 31.9. The minimum Gasteiger partial charge on any atom is -0.496 e. The first-order valence-electron chi connectivity index (χ1n) is 15.5. The second-order valence-electron chi connectivity index (χ2n) is 11.9. The molecule has 0 fully saturated rings. The maximum absolute atomic E-state index is 14.4. The second-order valence-corrected chi connectivity index (χ2v) is 11.9. The molecule has 0 radical (unpaired) electrons.